The lowest BCUT2D eigenvalue weighted by Gasteiger charge is -2.24. The fourth-order valence-corrected chi connectivity index (χ4v) is 6.80. The van der Waals surface area contributed by atoms with Gasteiger partial charge in [0.1, 0.15) is 6.10 Å². The highest BCUT2D eigenvalue weighted by atomic mass is 16.5. The van der Waals surface area contributed by atoms with Crippen molar-refractivity contribution in [2.45, 2.75) is 238 Å². The summed E-state index contributed by atoms with van der Waals surface area (Å²) in [5.74, 6) is -0.528. The van der Waals surface area contributed by atoms with Gasteiger partial charge in [0.2, 0.25) is 5.91 Å². The van der Waals surface area contributed by atoms with Crippen molar-refractivity contribution in [2.24, 2.45) is 0 Å². The molecule has 0 aliphatic heterocycles. The molecular weight excluding hydrogens is 695 g/mol. The molecule has 0 spiro atoms. The fourth-order valence-electron chi connectivity index (χ4n) is 6.80. The Bertz CT molecular complexity index is 1010. The van der Waals surface area contributed by atoms with Crippen LogP contribution in [0.4, 0.5) is 0 Å². The third-order valence-electron chi connectivity index (χ3n) is 10.4. The maximum atomic E-state index is 13.1. The van der Waals surface area contributed by atoms with E-state index in [1.54, 1.807) is 0 Å². The number of aliphatic hydroxyl groups excluding tert-OH is 2. The molecule has 0 aromatic carbocycles. The van der Waals surface area contributed by atoms with Crippen molar-refractivity contribution in [1.29, 1.82) is 0 Å². The minimum Gasteiger partial charge on any atom is -0.462 e. The average Bonchev–Trinajstić information content (AvgIpc) is 3.19. The van der Waals surface area contributed by atoms with Gasteiger partial charge in [0.05, 0.1) is 25.2 Å². The second kappa shape index (κ2) is 43.7. The van der Waals surface area contributed by atoms with Gasteiger partial charge in [-0.25, -0.2) is 0 Å². The Hall–Kier alpha value is -2.44. The number of ether oxygens (including phenoxy) is 1. The van der Waals surface area contributed by atoms with Crippen molar-refractivity contribution >= 4 is 11.9 Å². The van der Waals surface area contributed by atoms with Crippen molar-refractivity contribution in [3.8, 4) is 0 Å². The number of aliphatic hydroxyl groups is 2. The van der Waals surface area contributed by atoms with E-state index < -0.39 is 18.2 Å². The average molecular weight is 784 g/mol. The first-order valence-electron chi connectivity index (χ1n) is 23.6. The number of amides is 1. The van der Waals surface area contributed by atoms with Gasteiger partial charge < -0.3 is 20.3 Å². The quantitative estimate of drug-likeness (QED) is 0.0248. The number of rotatable bonds is 41. The standard InChI is InChI=1S/C50H89NO5/c1-4-7-10-13-16-19-22-23-24-25-26-28-29-32-35-38-41-46(56-50(55)43-40-37-34-31-21-18-15-12-9-6-3)44-49(54)51-47(45-52)48(53)42-39-36-33-30-27-20-17-14-11-8-5-2/h12,15-16,19,22-26,28,46-48,52-53H,4-11,13-14,17-18,20-21,27,29-45H2,1-3H3,(H,51,54)/b15-12-,19-16+,23-22+,25-24+,28-26+. The second-order valence-electron chi connectivity index (χ2n) is 15.9. The van der Waals surface area contributed by atoms with Gasteiger partial charge in [0.15, 0.2) is 0 Å². The molecule has 3 unspecified atom stereocenters. The largest absolute Gasteiger partial charge is 0.462 e. The number of carbonyl (C=O) groups is 2. The van der Waals surface area contributed by atoms with Crippen LogP contribution in [0.2, 0.25) is 0 Å². The molecule has 0 saturated carbocycles. The van der Waals surface area contributed by atoms with E-state index in [2.05, 4.69) is 80.8 Å². The van der Waals surface area contributed by atoms with Gasteiger partial charge in [-0.05, 0) is 70.6 Å². The first kappa shape index (κ1) is 53.6. The highest BCUT2D eigenvalue weighted by Crippen LogP contribution is 2.17. The summed E-state index contributed by atoms with van der Waals surface area (Å²) < 4.78 is 5.88. The number of nitrogens with one attached hydrogen (secondary N) is 1. The van der Waals surface area contributed by atoms with Crippen molar-refractivity contribution in [3.05, 3.63) is 60.8 Å². The van der Waals surface area contributed by atoms with Gasteiger partial charge in [0.25, 0.3) is 0 Å². The van der Waals surface area contributed by atoms with E-state index in [0.717, 1.165) is 83.5 Å². The molecule has 0 bridgehead atoms. The second-order valence-corrected chi connectivity index (χ2v) is 15.9. The van der Waals surface area contributed by atoms with Crippen LogP contribution in [0.25, 0.3) is 0 Å². The summed E-state index contributed by atoms with van der Waals surface area (Å²) in [4.78, 5) is 26.0. The molecule has 3 N–H and O–H groups in total. The summed E-state index contributed by atoms with van der Waals surface area (Å²) in [5.41, 5.74) is 0. The molecule has 0 aromatic heterocycles. The van der Waals surface area contributed by atoms with Crippen LogP contribution in [0.3, 0.4) is 0 Å². The van der Waals surface area contributed by atoms with E-state index in [9.17, 15) is 19.8 Å². The monoisotopic (exact) mass is 784 g/mol. The van der Waals surface area contributed by atoms with Gasteiger partial charge in [-0.1, -0.05) is 197 Å². The fraction of sp³-hybridized carbons (Fsp3) is 0.760. The topological polar surface area (TPSA) is 95.9 Å². The molecule has 1 amide bonds. The summed E-state index contributed by atoms with van der Waals surface area (Å²) in [6.07, 6.45) is 52.7. The Morgan fingerprint density at radius 2 is 0.964 bits per heavy atom. The summed E-state index contributed by atoms with van der Waals surface area (Å²) >= 11 is 0. The van der Waals surface area contributed by atoms with Crippen molar-refractivity contribution in [1.82, 2.24) is 5.32 Å². The first-order valence-corrected chi connectivity index (χ1v) is 23.6. The maximum Gasteiger partial charge on any atom is 0.306 e. The summed E-state index contributed by atoms with van der Waals surface area (Å²) in [5, 5.41) is 23.6. The molecule has 56 heavy (non-hydrogen) atoms. The van der Waals surface area contributed by atoms with Crippen LogP contribution in [-0.4, -0.2) is 46.9 Å². The summed E-state index contributed by atoms with van der Waals surface area (Å²) in [6.45, 7) is 6.35. The van der Waals surface area contributed by atoms with Crippen LogP contribution in [0.15, 0.2) is 60.8 Å². The smallest absolute Gasteiger partial charge is 0.306 e. The Kier molecular flexibility index (Phi) is 41.8. The van der Waals surface area contributed by atoms with Crippen LogP contribution in [0, 0.1) is 0 Å². The molecule has 0 radical (unpaired) electrons. The van der Waals surface area contributed by atoms with E-state index in [1.807, 2.05) is 6.08 Å². The lowest BCUT2D eigenvalue weighted by atomic mass is 10.0. The molecule has 0 aliphatic rings. The third kappa shape index (κ3) is 38.4. The normalized spacial score (nSPS) is 13.9. The van der Waals surface area contributed by atoms with E-state index in [-0.39, 0.29) is 24.9 Å². The van der Waals surface area contributed by atoms with E-state index >= 15 is 0 Å². The molecule has 0 fully saturated rings. The lowest BCUT2D eigenvalue weighted by Crippen LogP contribution is -2.46. The van der Waals surface area contributed by atoms with Crippen LogP contribution < -0.4 is 5.32 Å². The van der Waals surface area contributed by atoms with Crippen LogP contribution in [0.5, 0.6) is 0 Å². The van der Waals surface area contributed by atoms with E-state index in [4.69, 9.17) is 4.74 Å². The highest BCUT2D eigenvalue weighted by Gasteiger charge is 2.24. The van der Waals surface area contributed by atoms with Crippen LogP contribution in [0.1, 0.15) is 220 Å². The van der Waals surface area contributed by atoms with Gasteiger partial charge >= 0.3 is 5.97 Å². The SMILES string of the molecule is CCC/C=C\CCCCCCCC(=O)OC(CCCCC/C=C/C=C/C=C/C=C/CCCCC)CC(=O)NC(CO)C(O)CCCCCCCCCCCCC. The molecule has 0 saturated heterocycles. The van der Waals surface area contributed by atoms with Crippen LogP contribution in [-0.2, 0) is 14.3 Å². The molecule has 0 rings (SSSR count). The zero-order chi connectivity index (χ0) is 41.0. The Morgan fingerprint density at radius 1 is 0.518 bits per heavy atom. The zero-order valence-electron chi connectivity index (χ0n) is 36.8. The van der Waals surface area contributed by atoms with Gasteiger partial charge in [-0.2, -0.15) is 0 Å². The predicted octanol–water partition coefficient (Wildman–Crippen LogP) is 13.7. The van der Waals surface area contributed by atoms with Gasteiger partial charge in [-0.3, -0.25) is 9.59 Å². The third-order valence-corrected chi connectivity index (χ3v) is 10.4. The molecule has 324 valence electrons. The molecule has 6 nitrogen and oxygen atoms in total. The number of esters is 1. The van der Waals surface area contributed by atoms with Crippen molar-refractivity contribution in [3.63, 3.8) is 0 Å². The van der Waals surface area contributed by atoms with Crippen molar-refractivity contribution < 1.29 is 24.5 Å². The molecule has 0 aliphatic carbocycles. The Balaban J connectivity index is 4.71. The number of allylic oxidation sites excluding steroid dienone is 10. The van der Waals surface area contributed by atoms with Crippen LogP contribution >= 0.6 is 0 Å². The van der Waals surface area contributed by atoms with Gasteiger partial charge in [0, 0.05) is 6.42 Å². The van der Waals surface area contributed by atoms with Crippen molar-refractivity contribution in [2.75, 3.05) is 6.61 Å². The first-order chi connectivity index (χ1) is 27.5. The Morgan fingerprint density at radius 3 is 1.55 bits per heavy atom. The number of carbonyl (C=O) groups excluding carboxylic acids is 2. The Labute approximate surface area is 346 Å². The summed E-state index contributed by atoms with van der Waals surface area (Å²) in [7, 11) is 0. The minimum atomic E-state index is -0.799. The minimum absolute atomic E-state index is 0.0467. The zero-order valence-corrected chi connectivity index (χ0v) is 36.8. The number of unbranched alkanes of at least 4 members (excludes halogenated alkanes) is 22. The molecule has 6 heteroatoms. The summed E-state index contributed by atoms with van der Waals surface area (Å²) in [6, 6.07) is -0.715. The highest BCUT2D eigenvalue weighted by molar-refractivity contribution is 5.77. The number of hydrogen-bond acceptors (Lipinski definition) is 5. The number of hydrogen-bond donors (Lipinski definition) is 3. The van der Waals surface area contributed by atoms with Gasteiger partial charge in [-0.15, -0.1) is 0 Å². The molecular formula is C50H89NO5. The predicted molar refractivity (Wildman–Crippen MR) is 241 cm³/mol. The maximum absolute atomic E-state index is 13.1. The molecule has 3 atom stereocenters. The van der Waals surface area contributed by atoms with E-state index in [1.165, 1.54) is 89.9 Å². The lowest BCUT2D eigenvalue weighted by molar-refractivity contribution is -0.151. The molecule has 0 heterocycles. The van der Waals surface area contributed by atoms with E-state index in [0.29, 0.717) is 19.3 Å². The molecule has 0 aromatic rings.